The third kappa shape index (κ3) is 7.94. The minimum atomic E-state index is -3.36. The minimum absolute atomic E-state index is 0.00954. The number of hydrogen-bond donors (Lipinski definition) is 3. The zero-order chi connectivity index (χ0) is 10.7. The summed E-state index contributed by atoms with van der Waals surface area (Å²) in [5.41, 5.74) is 6.93. The predicted molar refractivity (Wildman–Crippen MR) is 56.3 cm³/mol. The first kappa shape index (κ1) is 12.6. The molecule has 0 bridgehead atoms. The molecule has 0 atom stereocenters. The van der Waals surface area contributed by atoms with Gasteiger partial charge in [0.15, 0.2) is 5.11 Å². The smallest absolute Gasteiger partial charge is 0.228 e. The molecule has 0 aromatic rings. The van der Waals surface area contributed by atoms with Crippen molar-refractivity contribution in [2.45, 2.75) is 20.8 Å². The molecule has 0 amide bonds. The summed E-state index contributed by atoms with van der Waals surface area (Å²) in [5, 5.41) is -0.0996. The summed E-state index contributed by atoms with van der Waals surface area (Å²) in [6.07, 6.45) is 0. The van der Waals surface area contributed by atoms with Crippen LogP contribution in [0.25, 0.3) is 0 Å². The lowest BCUT2D eigenvalue weighted by molar-refractivity contribution is 0.457. The van der Waals surface area contributed by atoms with Gasteiger partial charge in [0.25, 0.3) is 0 Å². The summed E-state index contributed by atoms with van der Waals surface area (Å²) in [4.78, 5) is 2.07. The summed E-state index contributed by atoms with van der Waals surface area (Å²) in [6.45, 7) is 5.48. The van der Waals surface area contributed by atoms with Crippen LogP contribution in [-0.2, 0) is 10.0 Å². The van der Waals surface area contributed by atoms with Crippen molar-refractivity contribution in [2.24, 2.45) is 11.1 Å². The standard InChI is InChI=1S/C6H15N3O2S2/c1-6(2,3)4-13(10,11)9-8-5(7)12/h9H,4H2,1-3H3,(H3,7,8,12). The van der Waals surface area contributed by atoms with Crippen molar-refractivity contribution in [2.75, 3.05) is 5.75 Å². The van der Waals surface area contributed by atoms with E-state index in [1.54, 1.807) is 0 Å². The second-order valence-electron chi connectivity index (χ2n) is 3.91. The number of nitrogens with one attached hydrogen (secondary N) is 2. The van der Waals surface area contributed by atoms with Crippen molar-refractivity contribution in [3.63, 3.8) is 0 Å². The second kappa shape index (κ2) is 4.21. The highest BCUT2D eigenvalue weighted by atomic mass is 32.2. The monoisotopic (exact) mass is 225 g/mol. The van der Waals surface area contributed by atoms with Crippen LogP contribution in [0.5, 0.6) is 0 Å². The van der Waals surface area contributed by atoms with E-state index < -0.39 is 10.0 Å². The van der Waals surface area contributed by atoms with E-state index in [1.165, 1.54) is 0 Å². The third-order valence-electron chi connectivity index (χ3n) is 0.953. The average molecular weight is 225 g/mol. The molecule has 0 fully saturated rings. The summed E-state index contributed by atoms with van der Waals surface area (Å²) >= 11 is 4.44. The van der Waals surface area contributed by atoms with E-state index in [0.29, 0.717) is 0 Å². The van der Waals surface area contributed by atoms with Gasteiger partial charge in [-0.25, -0.2) is 8.42 Å². The van der Waals surface area contributed by atoms with E-state index in [1.807, 2.05) is 20.8 Å². The topological polar surface area (TPSA) is 84.2 Å². The van der Waals surface area contributed by atoms with Crippen LogP contribution in [-0.4, -0.2) is 19.3 Å². The Hall–Kier alpha value is -0.400. The molecule has 0 unspecified atom stereocenters. The van der Waals surface area contributed by atoms with Crippen LogP contribution in [0.3, 0.4) is 0 Å². The van der Waals surface area contributed by atoms with Crippen molar-refractivity contribution in [3.8, 4) is 0 Å². The van der Waals surface area contributed by atoms with Crippen LogP contribution in [0.2, 0.25) is 0 Å². The lowest BCUT2D eigenvalue weighted by Crippen LogP contribution is -2.46. The minimum Gasteiger partial charge on any atom is -0.375 e. The first-order valence-electron chi connectivity index (χ1n) is 3.67. The van der Waals surface area contributed by atoms with Gasteiger partial charge in [-0.15, -0.1) is 4.83 Å². The largest absolute Gasteiger partial charge is 0.375 e. The SMILES string of the molecule is CC(C)(C)CS(=O)(=O)NNC(N)=S. The molecule has 0 aliphatic rings. The quantitative estimate of drug-likeness (QED) is 0.454. The maximum atomic E-state index is 11.3. The Morgan fingerprint density at radius 2 is 1.92 bits per heavy atom. The zero-order valence-corrected chi connectivity index (χ0v) is 9.55. The van der Waals surface area contributed by atoms with Crippen molar-refractivity contribution in [1.29, 1.82) is 0 Å². The van der Waals surface area contributed by atoms with Crippen molar-refractivity contribution in [1.82, 2.24) is 10.3 Å². The highest BCUT2D eigenvalue weighted by Gasteiger charge is 2.21. The fourth-order valence-corrected chi connectivity index (χ4v) is 2.33. The van der Waals surface area contributed by atoms with Crippen LogP contribution in [0.4, 0.5) is 0 Å². The lowest BCUT2D eigenvalue weighted by Gasteiger charge is -2.18. The highest BCUT2D eigenvalue weighted by molar-refractivity contribution is 7.89. The van der Waals surface area contributed by atoms with Gasteiger partial charge in [-0.2, -0.15) is 0 Å². The van der Waals surface area contributed by atoms with Gasteiger partial charge in [0.05, 0.1) is 5.75 Å². The Morgan fingerprint density at radius 3 is 2.23 bits per heavy atom. The maximum Gasteiger partial charge on any atom is 0.228 e. The Morgan fingerprint density at radius 1 is 1.46 bits per heavy atom. The average Bonchev–Trinajstić information content (AvgIpc) is 1.78. The Labute approximate surface area is 84.1 Å². The molecule has 13 heavy (non-hydrogen) atoms. The van der Waals surface area contributed by atoms with Gasteiger partial charge in [0.2, 0.25) is 10.0 Å². The Bertz CT molecular complexity index is 279. The van der Waals surface area contributed by atoms with E-state index in [0.717, 1.165) is 0 Å². The molecule has 0 radical (unpaired) electrons. The molecule has 0 aliphatic heterocycles. The molecular formula is C6H15N3O2S2. The third-order valence-corrected chi connectivity index (χ3v) is 2.71. The van der Waals surface area contributed by atoms with Gasteiger partial charge in [0.1, 0.15) is 0 Å². The molecule has 7 heteroatoms. The Kier molecular flexibility index (Phi) is 4.08. The van der Waals surface area contributed by atoms with Gasteiger partial charge in [-0.3, -0.25) is 5.43 Å². The van der Waals surface area contributed by atoms with Crippen LogP contribution in [0.1, 0.15) is 20.8 Å². The zero-order valence-electron chi connectivity index (χ0n) is 7.92. The second-order valence-corrected chi connectivity index (χ2v) is 6.07. The predicted octanol–water partition coefficient (Wildman–Crippen LogP) is -0.300. The van der Waals surface area contributed by atoms with Gasteiger partial charge in [0, 0.05) is 0 Å². The van der Waals surface area contributed by atoms with Crippen molar-refractivity contribution in [3.05, 3.63) is 0 Å². The van der Waals surface area contributed by atoms with Crippen LogP contribution < -0.4 is 16.0 Å². The fraction of sp³-hybridized carbons (Fsp3) is 0.833. The van der Waals surface area contributed by atoms with Crippen molar-refractivity contribution < 1.29 is 8.42 Å². The van der Waals surface area contributed by atoms with E-state index >= 15 is 0 Å². The van der Waals surface area contributed by atoms with Gasteiger partial charge >= 0.3 is 0 Å². The molecule has 0 aromatic carbocycles. The molecule has 0 spiro atoms. The molecule has 0 aliphatic carbocycles. The number of thiocarbonyl (C=S) groups is 1. The number of hydrogen-bond acceptors (Lipinski definition) is 3. The van der Waals surface area contributed by atoms with E-state index in [9.17, 15) is 8.42 Å². The molecule has 0 saturated heterocycles. The normalized spacial score (nSPS) is 12.5. The van der Waals surface area contributed by atoms with Crippen LogP contribution in [0.15, 0.2) is 0 Å². The van der Waals surface area contributed by atoms with Gasteiger partial charge < -0.3 is 5.73 Å². The van der Waals surface area contributed by atoms with Crippen molar-refractivity contribution >= 4 is 27.4 Å². The summed E-state index contributed by atoms with van der Waals surface area (Å²) in [6, 6.07) is 0. The molecule has 78 valence electrons. The van der Waals surface area contributed by atoms with E-state index in [4.69, 9.17) is 5.73 Å². The molecule has 0 heterocycles. The number of hydrazine groups is 1. The molecule has 0 rings (SSSR count). The summed E-state index contributed by atoms with van der Waals surface area (Å²) in [5.74, 6) is 0.00954. The maximum absolute atomic E-state index is 11.3. The molecule has 0 aromatic heterocycles. The fourth-order valence-electron chi connectivity index (χ4n) is 0.734. The van der Waals surface area contributed by atoms with Gasteiger partial charge in [-0.05, 0) is 17.6 Å². The Balaban J connectivity index is 4.19. The first-order valence-corrected chi connectivity index (χ1v) is 5.73. The van der Waals surface area contributed by atoms with Crippen LogP contribution in [0, 0.1) is 5.41 Å². The highest BCUT2D eigenvalue weighted by Crippen LogP contribution is 2.14. The molecule has 4 N–H and O–H groups in total. The molecule has 5 nitrogen and oxygen atoms in total. The van der Waals surface area contributed by atoms with Gasteiger partial charge in [-0.1, -0.05) is 20.8 Å². The molecular weight excluding hydrogens is 210 g/mol. The lowest BCUT2D eigenvalue weighted by atomic mass is 10.0. The van der Waals surface area contributed by atoms with E-state index in [-0.39, 0.29) is 16.3 Å². The van der Waals surface area contributed by atoms with E-state index in [2.05, 4.69) is 22.5 Å². The first-order chi connectivity index (χ1) is 5.62. The number of rotatable bonds is 3. The molecule has 0 saturated carbocycles. The summed E-state index contributed by atoms with van der Waals surface area (Å²) in [7, 11) is -3.36. The van der Waals surface area contributed by atoms with Crippen LogP contribution >= 0.6 is 12.2 Å². The number of sulfonamides is 1. The number of nitrogens with two attached hydrogens (primary N) is 1. The summed E-state index contributed by atoms with van der Waals surface area (Å²) < 4.78 is 22.5.